The fourth-order valence-electron chi connectivity index (χ4n) is 4.01. The van der Waals surface area contributed by atoms with Gasteiger partial charge in [-0.1, -0.05) is 60.7 Å². The zero-order valence-electron chi connectivity index (χ0n) is 18.3. The smallest absolute Gasteiger partial charge is 0.134 e. The van der Waals surface area contributed by atoms with Gasteiger partial charge >= 0.3 is 0 Å². The molecule has 0 aliphatic carbocycles. The molecule has 0 radical (unpaired) electrons. The zero-order chi connectivity index (χ0) is 22.7. The van der Waals surface area contributed by atoms with Gasteiger partial charge in [-0.15, -0.1) is 0 Å². The van der Waals surface area contributed by atoms with Crippen LogP contribution in [-0.2, 0) is 0 Å². The Bertz CT molecular complexity index is 1400. The van der Waals surface area contributed by atoms with Gasteiger partial charge in [-0.25, -0.2) is 9.97 Å². The van der Waals surface area contributed by atoms with Crippen molar-refractivity contribution in [1.82, 2.24) is 9.97 Å². The van der Waals surface area contributed by atoms with Crippen LogP contribution in [0.4, 0.5) is 0 Å². The lowest BCUT2D eigenvalue weighted by Gasteiger charge is -2.11. The molecule has 0 saturated carbocycles. The van der Waals surface area contributed by atoms with Crippen LogP contribution < -0.4 is 0 Å². The molecule has 34 heavy (non-hydrogen) atoms. The van der Waals surface area contributed by atoms with E-state index >= 15 is 0 Å². The van der Waals surface area contributed by atoms with Crippen molar-refractivity contribution in [2.45, 2.75) is 0 Å². The summed E-state index contributed by atoms with van der Waals surface area (Å²) in [5, 5.41) is 0. The van der Waals surface area contributed by atoms with Crippen LogP contribution in [-0.4, -0.2) is 9.97 Å². The van der Waals surface area contributed by atoms with E-state index in [9.17, 15) is 0 Å². The average Bonchev–Trinajstić information content (AvgIpc) is 3.64. The van der Waals surface area contributed by atoms with Crippen LogP contribution in [0.15, 0.2) is 131 Å². The maximum atomic E-state index is 5.71. The molecule has 0 atom stereocenters. The van der Waals surface area contributed by atoms with Gasteiger partial charge in [0.25, 0.3) is 0 Å². The summed E-state index contributed by atoms with van der Waals surface area (Å²) in [6, 6.07) is 36.1. The van der Waals surface area contributed by atoms with Gasteiger partial charge in [-0.3, -0.25) is 0 Å². The minimum Gasteiger partial charge on any atom is -0.464 e. The molecule has 0 fully saturated rings. The van der Waals surface area contributed by atoms with Crippen LogP contribution in [0.3, 0.4) is 0 Å². The normalized spacial score (nSPS) is 10.9. The van der Waals surface area contributed by atoms with E-state index in [4.69, 9.17) is 18.8 Å². The molecule has 4 heteroatoms. The van der Waals surface area contributed by atoms with E-state index in [1.807, 2.05) is 84.9 Å². The molecule has 4 aromatic heterocycles. The van der Waals surface area contributed by atoms with Crippen molar-refractivity contribution >= 4 is 0 Å². The Labute approximate surface area is 197 Å². The predicted molar refractivity (Wildman–Crippen MR) is 134 cm³/mol. The highest BCUT2D eigenvalue weighted by molar-refractivity contribution is 5.77. The van der Waals surface area contributed by atoms with Crippen molar-refractivity contribution < 1.29 is 8.83 Å². The minimum atomic E-state index is 0.762. The molecule has 6 aromatic rings. The first kappa shape index (κ1) is 19.9. The number of rotatable bonds is 5. The van der Waals surface area contributed by atoms with E-state index in [2.05, 4.69) is 24.3 Å². The molecule has 162 valence electrons. The number of furan rings is 2. The van der Waals surface area contributed by atoms with Gasteiger partial charge in [0.1, 0.15) is 11.5 Å². The Morgan fingerprint density at radius 1 is 0.382 bits per heavy atom. The minimum absolute atomic E-state index is 0.762. The van der Waals surface area contributed by atoms with E-state index in [0.717, 1.165) is 56.6 Å². The molecule has 0 bridgehead atoms. The molecule has 0 spiro atoms. The molecule has 0 aliphatic heterocycles. The fraction of sp³-hybridized carbons (Fsp3) is 0. The molecule has 4 nitrogen and oxygen atoms in total. The Morgan fingerprint density at radius 2 is 0.794 bits per heavy atom. The number of benzene rings is 2. The van der Waals surface area contributed by atoms with Crippen molar-refractivity contribution in [2.75, 3.05) is 0 Å². The monoisotopic (exact) mass is 440 g/mol. The molecule has 0 N–H and O–H groups in total. The molecule has 0 amide bonds. The van der Waals surface area contributed by atoms with Crippen molar-refractivity contribution in [1.29, 1.82) is 0 Å². The summed E-state index contributed by atoms with van der Waals surface area (Å²) in [7, 11) is 0. The van der Waals surface area contributed by atoms with Crippen LogP contribution in [0.5, 0.6) is 0 Å². The van der Waals surface area contributed by atoms with Gasteiger partial charge in [0, 0.05) is 22.3 Å². The summed E-state index contributed by atoms with van der Waals surface area (Å²) in [5.41, 5.74) is 7.19. The maximum Gasteiger partial charge on any atom is 0.134 e. The first-order chi connectivity index (χ1) is 16.8. The third kappa shape index (κ3) is 3.93. The largest absolute Gasteiger partial charge is 0.464 e. The predicted octanol–water partition coefficient (Wildman–Crippen LogP) is 8.00. The lowest BCUT2D eigenvalue weighted by molar-refractivity contribution is 0.582. The molecule has 2 aromatic carbocycles. The molecule has 0 unspecified atom stereocenters. The van der Waals surface area contributed by atoms with Crippen LogP contribution in [0.1, 0.15) is 0 Å². The highest BCUT2D eigenvalue weighted by Gasteiger charge is 2.15. The SMILES string of the molecule is c1ccc(-c2cc(-c3ccco3)cc(-c3cc(-c4ccco4)cc(-c4ccccc4)n3)n2)cc1. The summed E-state index contributed by atoms with van der Waals surface area (Å²) in [6.07, 6.45) is 3.36. The van der Waals surface area contributed by atoms with Gasteiger partial charge in [-0.05, 0) is 48.5 Å². The topological polar surface area (TPSA) is 52.1 Å². The molecular weight excluding hydrogens is 420 g/mol. The van der Waals surface area contributed by atoms with Gasteiger partial charge < -0.3 is 8.83 Å². The third-order valence-corrected chi connectivity index (χ3v) is 5.66. The number of hydrogen-bond donors (Lipinski definition) is 0. The van der Waals surface area contributed by atoms with Crippen LogP contribution in [0, 0.1) is 0 Å². The van der Waals surface area contributed by atoms with Gasteiger partial charge in [0.05, 0.1) is 35.3 Å². The van der Waals surface area contributed by atoms with Gasteiger partial charge in [-0.2, -0.15) is 0 Å². The summed E-state index contributed by atoms with van der Waals surface area (Å²) < 4.78 is 11.4. The first-order valence-corrected chi connectivity index (χ1v) is 11.1. The molecule has 4 heterocycles. The second-order valence-corrected chi connectivity index (χ2v) is 7.94. The van der Waals surface area contributed by atoms with Gasteiger partial charge in [0.15, 0.2) is 0 Å². The van der Waals surface area contributed by atoms with E-state index < -0.39 is 0 Å². The van der Waals surface area contributed by atoms with E-state index in [1.54, 1.807) is 12.5 Å². The third-order valence-electron chi connectivity index (χ3n) is 5.66. The zero-order valence-corrected chi connectivity index (χ0v) is 18.3. The first-order valence-electron chi connectivity index (χ1n) is 11.1. The molecular formula is C30H20N2O2. The summed E-state index contributed by atoms with van der Waals surface area (Å²) in [6.45, 7) is 0. The van der Waals surface area contributed by atoms with Crippen LogP contribution >= 0.6 is 0 Å². The Balaban J connectivity index is 1.57. The second kappa shape index (κ2) is 8.68. The molecule has 6 rings (SSSR count). The standard InChI is InChI=1S/C30H20N2O2/c1-3-9-21(10-4-1)25-17-23(29-13-7-15-33-29)19-27(31-25)28-20-24(30-14-8-16-34-30)18-26(32-28)22-11-5-2-6-12-22/h1-20H. The summed E-state index contributed by atoms with van der Waals surface area (Å²) >= 11 is 0. The van der Waals surface area contributed by atoms with Crippen molar-refractivity contribution in [3.63, 3.8) is 0 Å². The Kier molecular flexibility index (Phi) is 5.09. The average molecular weight is 441 g/mol. The summed E-state index contributed by atoms with van der Waals surface area (Å²) in [5.74, 6) is 1.57. The van der Waals surface area contributed by atoms with Crippen LogP contribution in [0.2, 0.25) is 0 Å². The van der Waals surface area contributed by atoms with E-state index in [-0.39, 0.29) is 0 Å². The highest BCUT2D eigenvalue weighted by atomic mass is 16.3. The van der Waals surface area contributed by atoms with Crippen molar-refractivity contribution in [3.05, 3.63) is 122 Å². The highest BCUT2D eigenvalue weighted by Crippen LogP contribution is 2.33. The number of hydrogen-bond acceptors (Lipinski definition) is 4. The molecule has 0 saturated heterocycles. The Morgan fingerprint density at radius 3 is 1.18 bits per heavy atom. The van der Waals surface area contributed by atoms with Crippen molar-refractivity contribution in [3.8, 4) is 56.6 Å². The van der Waals surface area contributed by atoms with E-state index in [0.29, 0.717) is 0 Å². The van der Waals surface area contributed by atoms with Crippen molar-refractivity contribution in [2.24, 2.45) is 0 Å². The Hall–Kier alpha value is -4.70. The number of aromatic nitrogens is 2. The van der Waals surface area contributed by atoms with Crippen LogP contribution in [0.25, 0.3) is 56.6 Å². The number of pyridine rings is 2. The maximum absolute atomic E-state index is 5.71. The fourth-order valence-corrected chi connectivity index (χ4v) is 4.01. The summed E-state index contributed by atoms with van der Waals surface area (Å²) in [4.78, 5) is 10.0. The van der Waals surface area contributed by atoms with Gasteiger partial charge in [0.2, 0.25) is 0 Å². The lowest BCUT2D eigenvalue weighted by atomic mass is 10.0. The number of nitrogens with zero attached hydrogens (tertiary/aromatic N) is 2. The second-order valence-electron chi connectivity index (χ2n) is 7.94. The lowest BCUT2D eigenvalue weighted by Crippen LogP contribution is -1.95. The van der Waals surface area contributed by atoms with E-state index in [1.165, 1.54) is 0 Å². The quantitative estimate of drug-likeness (QED) is 0.272. The molecule has 0 aliphatic rings.